The van der Waals surface area contributed by atoms with Crippen molar-refractivity contribution >= 4 is 14.0 Å². The van der Waals surface area contributed by atoms with Gasteiger partial charge in [0.1, 0.15) is 0 Å². The van der Waals surface area contributed by atoms with Gasteiger partial charge in [-0.1, -0.05) is 24.6 Å². The highest BCUT2D eigenvalue weighted by atomic mass is 28.3. The van der Waals surface area contributed by atoms with Gasteiger partial charge < -0.3 is 14.9 Å². The molecule has 0 aromatic carbocycles. The third kappa shape index (κ3) is 4.49. The zero-order valence-electron chi connectivity index (χ0n) is 9.71. The van der Waals surface area contributed by atoms with Crippen molar-refractivity contribution in [3.63, 3.8) is 0 Å². The molecule has 0 fully saturated rings. The topological polar surface area (TPSA) is 83.1 Å². The zero-order valence-corrected chi connectivity index (χ0v) is 10.7. The fraction of sp³-hybridized carbons (Fsp3) is 0.750. The maximum atomic E-state index is 10.3. The lowest BCUT2D eigenvalue weighted by molar-refractivity contribution is -0.394. The van der Waals surface area contributed by atoms with Crippen molar-refractivity contribution in [2.45, 2.75) is 32.4 Å². The van der Waals surface area contributed by atoms with Gasteiger partial charge in [-0.3, -0.25) is 0 Å². The van der Waals surface area contributed by atoms with Gasteiger partial charge in [0.05, 0.1) is 0 Å². The summed E-state index contributed by atoms with van der Waals surface area (Å²) >= 11 is 0. The van der Waals surface area contributed by atoms with Crippen LogP contribution in [0.4, 0.5) is 5.95 Å². The van der Waals surface area contributed by atoms with Crippen molar-refractivity contribution in [2.24, 2.45) is 0 Å². The second kappa shape index (κ2) is 5.17. The summed E-state index contributed by atoms with van der Waals surface area (Å²) in [4.78, 5) is 13.2. The van der Waals surface area contributed by atoms with Crippen LogP contribution in [0.25, 0.3) is 0 Å². The van der Waals surface area contributed by atoms with Crippen LogP contribution < -0.4 is 0 Å². The molecule has 1 rings (SSSR count). The largest absolute Gasteiger partial charge is 0.491 e. The molecule has 90 valence electrons. The molecule has 0 saturated heterocycles. The van der Waals surface area contributed by atoms with E-state index in [4.69, 9.17) is 4.74 Å². The first-order valence-corrected chi connectivity index (χ1v) is 8.71. The van der Waals surface area contributed by atoms with Gasteiger partial charge in [0.2, 0.25) is 6.33 Å². The Bertz CT molecular complexity index is 360. The molecule has 0 aliphatic rings. The molecule has 0 unspecified atom stereocenters. The molecular weight excluding hydrogens is 228 g/mol. The summed E-state index contributed by atoms with van der Waals surface area (Å²) < 4.78 is 6.68. The Balaban J connectivity index is 2.30. The molecule has 0 atom stereocenters. The summed E-state index contributed by atoms with van der Waals surface area (Å²) in [6.45, 7) is 7.65. The SMILES string of the molecule is C[Si](C)(C)CCOCn1cnc([N+](=O)[O-])n1. The van der Waals surface area contributed by atoms with Gasteiger partial charge in [0.15, 0.2) is 6.73 Å². The van der Waals surface area contributed by atoms with E-state index >= 15 is 0 Å². The third-order valence-electron chi connectivity index (χ3n) is 1.91. The standard InChI is InChI=1S/C8H16N4O3Si/c1-16(2,3)5-4-15-7-11-6-9-8(10-11)12(13)14/h6H,4-5,7H2,1-3H3. The first-order chi connectivity index (χ1) is 7.38. The van der Waals surface area contributed by atoms with E-state index in [1.54, 1.807) is 0 Å². The average Bonchev–Trinajstić information content (AvgIpc) is 2.59. The molecule has 16 heavy (non-hydrogen) atoms. The molecule has 1 aromatic rings. The van der Waals surface area contributed by atoms with Crippen molar-refractivity contribution in [1.82, 2.24) is 14.8 Å². The Labute approximate surface area is 94.6 Å². The molecule has 0 amide bonds. The average molecular weight is 244 g/mol. The lowest BCUT2D eigenvalue weighted by Gasteiger charge is -2.14. The fourth-order valence-corrected chi connectivity index (χ4v) is 1.72. The highest BCUT2D eigenvalue weighted by molar-refractivity contribution is 6.76. The Morgan fingerprint density at radius 1 is 1.56 bits per heavy atom. The van der Waals surface area contributed by atoms with E-state index in [1.807, 2.05) is 0 Å². The number of aromatic nitrogens is 3. The van der Waals surface area contributed by atoms with Gasteiger partial charge in [0, 0.05) is 19.8 Å². The summed E-state index contributed by atoms with van der Waals surface area (Å²) in [6.07, 6.45) is 1.30. The minimum atomic E-state index is -1.09. The highest BCUT2D eigenvalue weighted by Gasteiger charge is 2.14. The molecule has 0 aliphatic heterocycles. The van der Waals surface area contributed by atoms with Crippen LogP contribution in [0, 0.1) is 10.1 Å². The van der Waals surface area contributed by atoms with Gasteiger partial charge >= 0.3 is 5.95 Å². The van der Waals surface area contributed by atoms with E-state index in [1.165, 1.54) is 11.0 Å². The van der Waals surface area contributed by atoms with Crippen LogP contribution >= 0.6 is 0 Å². The predicted octanol–water partition coefficient (Wildman–Crippen LogP) is 1.50. The van der Waals surface area contributed by atoms with Gasteiger partial charge in [-0.25, -0.2) is 0 Å². The molecule has 7 nitrogen and oxygen atoms in total. The van der Waals surface area contributed by atoms with Crippen LogP contribution in [0.2, 0.25) is 25.7 Å². The summed E-state index contributed by atoms with van der Waals surface area (Å²) in [7, 11) is -1.09. The Hall–Kier alpha value is -1.28. The second-order valence-electron chi connectivity index (χ2n) is 4.69. The lowest BCUT2D eigenvalue weighted by Crippen LogP contribution is -2.22. The number of nitrogens with zero attached hydrogens (tertiary/aromatic N) is 4. The zero-order chi connectivity index (χ0) is 12.2. The first-order valence-electron chi connectivity index (χ1n) is 5.00. The van der Waals surface area contributed by atoms with Crippen molar-refractivity contribution in [2.75, 3.05) is 6.61 Å². The molecule has 0 bridgehead atoms. The molecule has 0 aliphatic carbocycles. The minimum Gasteiger partial charge on any atom is -0.390 e. The fourth-order valence-electron chi connectivity index (χ4n) is 0.967. The quantitative estimate of drug-likeness (QED) is 0.328. The summed E-state index contributed by atoms with van der Waals surface area (Å²) in [5, 5.41) is 13.9. The normalized spacial score (nSPS) is 11.7. The van der Waals surface area contributed by atoms with E-state index in [-0.39, 0.29) is 6.73 Å². The van der Waals surface area contributed by atoms with Gasteiger partial charge in [-0.15, -0.1) is 4.68 Å². The van der Waals surface area contributed by atoms with E-state index in [0.29, 0.717) is 6.61 Å². The molecule has 8 heteroatoms. The summed E-state index contributed by atoms with van der Waals surface area (Å²) in [6, 6.07) is 1.06. The highest BCUT2D eigenvalue weighted by Crippen LogP contribution is 2.08. The van der Waals surface area contributed by atoms with Crippen molar-refractivity contribution < 1.29 is 9.66 Å². The van der Waals surface area contributed by atoms with Gasteiger partial charge in [0.25, 0.3) is 0 Å². The van der Waals surface area contributed by atoms with Crippen LogP contribution in [0.3, 0.4) is 0 Å². The van der Waals surface area contributed by atoms with Crippen LogP contribution in [0.15, 0.2) is 6.33 Å². The number of nitro groups is 1. The van der Waals surface area contributed by atoms with Crippen molar-refractivity contribution in [3.8, 4) is 0 Å². The second-order valence-corrected chi connectivity index (χ2v) is 10.3. The van der Waals surface area contributed by atoms with E-state index < -0.39 is 18.9 Å². The molecule has 0 spiro atoms. The third-order valence-corrected chi connectivity index (χ3v) is 3.61. The van der Waals surface area contributed by atoms with E-state index in [0.717, 1.165) is 6.04 Å². The molecule has 1 heterocycles. The Morgan fingerprint density at radius 3 is 2.75 bits per heavy atom. The predicted molar refractivity (Wildman–Crippen MR) is 60.8 cm³/mol. The van der Waals surface area contributed by atoms with Crippen LogP contribution in [0.1, 0.15) is 0 Å². The van der Waals surface area contributed by atoms with Crippen molar-refractivity contribution in [1.29, 1.82) is 0 Å². The molecule has 0 radical (unpaired) electrons. The van der Waals surface area contributed by atoms with Crippen LogP contribution in [-0.4, -0.2) is 34.4 Å². The maximum Gasteiger partial charge on any atom is 0.491 e. The monoisotopic (exact) mass is 244 g/mol. The first kappa shape index (κ1) is 12.8. The van der Waals surface area contributed by atoms with Crippen molar-refractivity contribution in [3.05, 3.63) is 16.4 Å². The molecule has 0 N–H and O–H groups in total. The molecule has 1 aromatic heterocycles. The molecular formula is C8H16N4O3Si. The maximum absolute atomic E-state index is 10.3. The Morgan fingerprint density at radius 2 is 2.25 bits per heavy atom. The lowest BCUT2D eigenvalue weighted by atomic mass is 10.8. The number of hydrogen-bond donors (Lipinski definition) is 0. The van der Waals surface area contributed by atoms with Gasteiger partial charge in [-0.2, -0.15) is 0 Å². The summed E-state index contributed by atoms with van der Waals surface area (Å²) in [5.41, 5.74) is 0. The Kier molecular flexibility index (Phi) is 4.13. The number of ether oxygens (including phenoxy) is 1. The van der Waals surface area contributed by atoms with Crippen LogP contribution in [-0.2, 0) is 11.5 Å². The molecule has 0 saturated carbocycles. The summed E-state index contributed by atoms with van der Waals surface area (Å²) in [5.74, 6) is -0.395. The van der Waals surface area contributed by atoms with E-state index in [2.05, 4.69) is 29.7 Å². The van der Waals surface area contributed by atoms with Crippen LogP contribution in [0.5, 0.6) is 0 Å². The smallest absolute Gasteiger partial charge is 0.390 e. The number of rotatable bonds is 6. The number of hydrogen-bond acceptors (Lipinski definition) is 5. The van der Waals surface area contributed by atoms with Gasteiger partial charge in [-0.05, 0) is 11.0 Å². The minimum absolute atomic E-state index is 0.214. The van der Waals surface area contributed by atoms with E-state index in [9.17, 15) is 10.1 Å².